The maximum Gasteiger partial charge on any atom is 0.377 e. The molecule has 0 bridgehead atoms. The molecular weight excluding hydrogens is 571 g/mol. The Morgan fingerprint density at radius 3 is 2.12 bits per heavy atom. The average Bonchev–Trinajstić information content (AvgIpc) is 3.37. The first kappa shape index (κ1) is 34.9. The molecule has 21 heteroatoms. The van der Waals surface area contributed by atoms with E-state index in [-0.39, 0.29) is 6.54 Å². The summed E-state index contributed by atoms with van der Waals surface area (Å²) in [5.41, 5.74) is 4.75. The van der Waals surface area contributed by atoms with Gasteiger partial charge in [-0.3, -0.25) is 33.9 Å². The summed E-state index contributed by atoms with van der Waals surface area (Å²) in [6.45, 7) is 2.32. The molecule has 1 aromatic heterocycles. The number of aromatic nitrogens is 3. The summed E-state index contributed by atoms with van der Waals surface area (Å²) in [7, 11) is -4.75. The number of nitrogens with one attached hydrogen (secondary N) is 5. The highest BCUT2D eigenvalue weighted by molar-refractivity contribution is 7.59. The fourth-order valence-electron chi connectivity index (χ4n) is 2.90. The van der Waals surface area contributed by atoms with Gasteiger partial charge in [0.15, 0.2) is 11.5 Å². The van der Waals surface area contributed by atoms with Gasteiger partial charge in [0.25, 0.3) is 5.91 Å². The molecule has 6 amide bonds. The monoisotopic (exact) mass is 605 g/mol. The fourth-order valence-corrected chi connectivity index (χ4v) is 3.34. The van der Waals surface area contributed by atoms with Gasteiger partial charge in [0, 0.05) is 0 Å². The van der Waals surface area contributed by atoms with Crippen molar-refractivity contribution >= 4 is 54.8 Å². The molecule has 0 fully saturated rings. The summed E-state index contributed by atoms with van der Waals surface area (Å²) in [4.78, 5) is 102. The van der Waals surface area contributed by atoms with Crippen LogP contribution in [0.25, 0.3) is 0 Å². The first-order valence-corrected chi connectivity index (χ1v) is 13.6. The van der Waals surface area contributed by atoms with Crippen molar-refractivity contribution in [3.8, 4) is 0 Å². The Labute approximate surface area is 233 Å². The molecule has 0 aliphatic heterocycles. The summed E-state index contributed by atoms with van der Waals surface area (Å²) < 4.78 is 12.3. The van der Waals surface area contributed by atoms with Gasteiger partial charge in [-0.05, 0) is 20.8 Å². The molecule has 0 saturated heterocycles. The zero-order chi connectivity index (χ0) is 31.3. The number of nitrogens with zero attached hydrogens (tertiary/aromatic N) is 3. The first-order valence-electron chi connectivity index (χ1n) is 12.0. The van der Waals surface area contributed by atoms with Gasteiger partial charge < -0.3 is 46.9 Å². The van der Waals surface area contributed by atoms with Gasteiger partial charge in [-0.15, -0.1) is 5.10 Å². The van der Waals surface area contributed by atoms with Crippen LogP contribution >= 0.6 is 7.60 Å². The van der Waals surface area contributed by atoms with Gasteiger partial charge in [-0.25, -0.2) is 9.48 Å². The highest BCUT2D eigenvalue weighted by Crippen LogP contribution is 2.31. The predicted octanol–water partition coefficient (Wildman–Crippen LogP) is -7.56. The lowest BCUT2D eigenvalue weighted by atomic mass is 10.2. The molecule has 228 valence electrons. The van der Waals surface area contributed by atoms with E-state index in [4.69, 9.17) is 5.73 Å². The molecule has 20 nitrogen and oxygen atoms in total. The van der Waals surface area contributed by atoms with E-state index in [1.807, 2.05) is 0 Å². The quantitative estimate of drug-likeness (QED) is 0.0625. The van der Waals surface area contributed by atoms with Crippen molar-refractivity contribution in [2.45, 2.75) is 51.5 Å². The van der Waals surface area contributed by atoms with Crippen LogP contribution in [0.3, 0.4) is 0 Å². The Balaban J connectivity index is 2.82. The van der Waals surface area contributed by atoms with E-state index >= 15 is 0 Å². The molecular formula is C20H34N10O10P+. The number of rotatable bonds is 16. The van der Waals surface area contributed by atoms with E-state index in [9.17, 15) is 47.9 Å². The van der Waals surface area contributed by atoms with Crippen LogP contribution in [-0.4, -0.2) is 110 Å². The maximum absolute atomic E-state index is 12.9. The number of primary amides is 1. The normalized spacial score (nSPS) is 14.0. The van der Waals surface area contributed by atoms with E-state index in [1.54, 1.807) is 0 Å². The van der Waals surface area contributed by atoms with Crippen molar-refractivity contribution in [2.24, 2.45) is 5.73 Å². The highest BCUT2D eigenvalue weighted by Gasteiger charge is 2.31. The molecule has 0 spiro atoms. The van der Waals surface area contributed by atoms with E-state index in [0.717, 1.165) is 16.2 Å². The van der Waals surface area contributed by atoms with Gasteiger partial charge >= 0.3 is 13.5 Å². The van der Waals surface area contributed by atoms with E-state index in [1.165, 1.54) is 20.8 Å². The molecule has 11 N–H and O–H groups in total. The van der Waals surface area contributed by atoms with E-state index in [0.29, 0.717) is 6.29 Å². The molecule has 0 aliphatic carbocycles. The van der Waals surface area contributed by atoms with Crippen molar-refractivity contribution in [3.05, 3.63) is 6.20 Å². The molecule has 0 unspecified atom stereocenters. The number of hydrogen-bond donors (Lipinski definition) is 9. The minimum atomic E-state index is -4.75. The second-order valence-corrected chi connectivity index (χ2v) is 10.3. The molecule has 0 aromatic carbocycles. The standard InChI is InChI=1S/C20H33N10O10P/c1-10(21)17(34)23-7-15(33)27-13(8-30-9-16(28-29-30)41(38,39)40)20(37)26-12(3)19(36)24-6-14(32)25-11(2)18(35)22-4-5-31/h5,9-13H,4,6-8,21H2,1-3H3,(H,22,35)(H,23,34)(H,24,36)(H,25,32)(H,26,37)(H,27,33)(H2,38,39,40)/p+1/t10-,11-,12-,13-/m0/s1. The number of quaternary nitrogens is 1. The topological polar surface area (TPSA) is 311 Å². The van der Waals surface area contributed by atoms with Crippen molar-refractivity contribution in [1.82, 2.24) is 41.6 Å². The lowest BCUT2D eigenvalue weighted by molar-refractivity contribution is -0.593. The van der Waals surface area contributed by atoms with Crippen molar-refractivity contribution < 1.29 is 53.2 Å². The number of amides is 6. The molecule has 41 heavy (non-hydrogen) atoms. The van der Waals surface area contributed by atoms with Gasteiger partial charge in [0.2, 0.25) is 23.6 Å². The minimum absolute atomic E-state index is 0.236. The van der Waals surface area contributed by atoms with Crippen LogP contribution in [0.5, 0.6) is 0 Å². The van der Waals surface area contributed by atoms with Gasteiger partial charge in [-0.1, -0.05) is 5.21 Å². The Morgan fingerprint density at radius 1 is 0.976 bits per heavy atom. The SMILES string of the molecule is C[C@H](N)C(=O)NCC(=O)[NH2+][C@@H](Cn1cc(P(=O)(O)O)nn1)C(=O)N[C@@H](C)C(=O)NCC(=O)N[C@@H](C)C(=O)NCC=O. The second kappa shape index (κ2) is 16.2. The second-order valence-electron chi connectivity index (χ2n) is 8.74. The summed E-state index contributed by atoms with van der Waals surface area (Å²) in [5.74, 6) is -4.37. The lowest BCUT2D eigenvalue weighted by Gasteiger charge is -2.19. The van der Waals surface area contributed by atoms with Crippen LogP contribution in [0.2, 0.25) is 0 Å². The first-order chi connectivity index (χ1) is 19.0. The van der Waals surface area contributed by atoms with Crippen LogP contribution in [-0.2, 0) is 44.7 Å². The van der Waals surface area contributed by atoms with Gasteiger partial charge in [0.05, 0.1) is 25.3 Å². The third kappa shape index (κ3) is 12.7. The molecule has 1 heterocycles. The summed E-state index contributed by atoms with van der Waals surface area (Å²) in [6.07, 6.45) is 1.35. The van der Waals surface area contributed by atoms with E-state index < -0.39 is 92.3 Å². The Kier molecular flexibility index (Phi) is 13.8. The average molecular weight is 606 g/mol. The maximum atomic E-state index is 12.9. The van der Waals surface area contributed by atoms with Crippen molar-refractivity contribution in [3.63, 3.8) is 0 Å². The number of aldehydes is 1. The minimum Gasteiger partial charge on any atom is -0.348 e. The third-order valence-electron chi connectivity index (χ3n) is 5.09. The number of hydrogen-bond acceptors (Lipinski definition) is 11. The largest absolute Gasteiger partial charge is 0.377 e. The number of nitrogens with two attached hydrogens (primary N) is 2. The fraction of sp³-hybridized carbons (Fsp3) is 0.550. The van der Waals surface area contributed by atoms with Crippen LogP contribution in [0.15, 0.2) is 6.20 Å². The Morgan fingerprint density at radius 2 is 1.56 bits per heavy atom. The highest BCUT2D eigenvalue weighted by atomic mass is 31.2. The van der Waals surface area contributed by atoms with Gasteiger partial charge in [0.1, 0.15) is 31.5 Å². The molecule has 0 saturated carbocycles. The summed E-state index contributed by atoms with van der Waals surface area (Å²) in [6, 6.07) is -4.46. The van der Waals surface area contributed by atoms with Gasteiger partial charge in [-0.2, -0.15) is 0 Å². The summed E-state index contributed by atoms with van der Waals surface area (Å²) >= 11 is 0. The summed E-state index contributed by atoms with van der Waals surface area (Å²) in [5, 5.41) is 19.2. The third-order valence-corrected chi connectivity index (χ3v) is 5.89. The van der Waals surface area contributed by atoms with E-state index in [2.05, 4.69) is 36.9 Å². The van der Waals surface area contributed by atoms with Crippen LogP contribution in [0.4, 0.5) is 0 Å². The lowest BCUT2D eigenvalue weighted by Crippen LogP contribution is -2.97. The van der Waals surface area contributed by atoms with Crippen LogP contribution in [0, 0.1) is 0 Å². The molecule has 1 rings (SSSR count). The van der Waals surface area contributed by atoms with Crippen LogP contribution < -0.4 is 43.1 Å². The van der Waals surface area contributed by atoms with Crippen LogP contribution in [0.1, 0.15) is 20.8 Å². The molecule has 1 aromatic rings. The zero-order valence-electron chi connectivity index (χ0n) is 22.4. The molecule has 4 atom stereocenters. The molecule has 0 aliphatic rings. The van der Waals surface area contributed by atoms with Crippen molar-refractivity contribution in [2.75, 3.05) is 19.6 Å². The zero-order valence-corrected chi connectivity index (χ0v) is 23.3. The number of carbonyl (C=O) groups excluding carboxylic acids is 7. The van der Waals surface area contributed by atoms with Crippen molar-refractivity contribution in [1.29, 1.82) is 0 Å². The Hall–Kier alpha value is -4.10. The number of carbonyl (C=O) groups is 7. The Bertz CT molecular complexity index is 1180. The smallest absolute Gasteiger partial charge is 0.348 e. The predicted molar refractivity (Wildman–Crippen MR) is 136 cm³/mol. The molecule has 0 radical (unpaired) electrons.